The molecular weight excluding hydrogens is 448 g/mol. The Bertz CT molecular complexity index is 1010. The largest absolute Gasteiger partial charge is 0.507 e. The van der Waals surface area contributed by atoms with Gasteiger partial charge in [0.1, 0.15) is 23.4 Å². The Kier molecular flexibility index (Phi) is 8.68. The Morgan fingerprint density at radius 1 is 1.29 bits per heavy atom. The van der Waals surface area contributed by atoms with Crippen molar-refractivity contribution in [1.29, 1.82) is 0 Å². The number of carbonyl (C=O) groups is 3. The van der Waals surface area contributed by atoms with E-state index in [9.17, 15) is 19.5 Å². The standard InChI is InChI=1S/C22H28N4O8/c1-3-6-33-26-22(30)34-14-5-4-13(7-14)17-10-20(25-24-17)23-21(29)12-32-19-9-15(31-2)8-18(28)16(19)11-27/h8-11,13-14,28H,3-7,12H2,1-2H3,(H,26,30)(H2,23,24,25,29)/t13-,14+/m0/s1. The number of aromatic amines is 1. The third kappa shape index (κ3) is 6.61. The van der Waals surface area contributed by atoms with Crippen molar-refractivity contribution in [3.63, 3.8) is 0 Å². The first-order valence-corrected chi connectivity index (χ1v) is 10.9. The summed E-state index contributed by atoms with van der Waals surface area (Å²) in [6, 6.07) is 4.38. The van der Waals surface area contributed by atoms with E-state index in [2.05, 4.69) is 21.0 Å². The van der Waals surface area contributed by atoms with E-state index < -0.39 is 18.6 Å². The van der Waals surface area contributed by atoms with Crippen molar-refractivity contribution in [2.45, 2.75) is 44.6 Å². The van der Waals surface area contributed by atoms with Crippen molar-refractivity contribution >= 4 is 24.1 Å². The van der Waals surface area contributed by atoms with Crippen LogP contribution >= 0.6 is 0 Å². The summed E-state index contributed by atoms with van der Waals surface area (Å²) in [5.41, 5.74) is 2.98. The second-order valence-electron chi connectivity index (χ2n) is 7.71. The van der Waals surface area contributed by atoms with Gasteiger partial charge in [0.25, 0.3) is 5.91 Å². The van der Waals surface area contributed by atoms with Crippen LogP contribution in [0.5, 0.6) is 17.2 Å². The zero-order chi connectivity index (χ0) is 24.5. The number of aromatic hydroxyl groups is 1. The number of hydrogen-bond acceptors (Lipinski definition) is 9. The number of carbonyl (C=O) groups excluding carboxylic acids is 3. The monoisotopic (exact) mass is 476 g/mol. The van der Waals surface area contributed by atoms with E-state index in [4.69, 9.17) is 19.0 Å². The van der Waals surface area contributed by atoms with E-state index in [0.717, 1.165) is 18.5 Å². The van der Waals surface area contributed by atoms with Gasteiger partial charge < -0.3 is 24.6 Å². The third-order valence-corrected chi connectivity index (χ3v) is 5.23. The maximum atomic E-state index is 12.3. The molecule has 4 N–H and O–H groups in total. The van der Waals surface area contributed by atoms with Gasteiger partial charge in [-0.25, -0.2) is 4.79 Å². The lowest BCUT2D eigenvalue weighted by atomic mass is 10.0. The molecule has 2 aromatic rings. The Hall–Kier alpha value is -3.80. The van der Waals surface area contributed by atoms with Crippen molar-refractivity contribution in [2.24, 2.45) is 0 Å². The molecule has 1 fully saturated rings. The highest BCUT2D eigenvalue weighted by molar-refractivity contribution is 5.91. The molecular formula is C22H28N4O8. The van der Waals surface area contributed by atoms with Gasteiger partial charge in [-0.15, -0.1) is 0 Å². The van der Waals surface area contributed by atoms with Crippen molar-refractivity contribution in [1.82, 2.24) is 15.7 Å². The molecule has 184 valence electrons. The summed E-state index contributed by atoms with van der Waals surface area (Å²) in [6.45, 7) is 1.93. The Labute approximate surface area is 195 Å². The summed E-state index contributed by atoms with van der Waals surface area (Å²) in [5, 5.41) is 19.5. The van der Waals surface area contributed by atoms with Crippen LogP contribution in [0.1, 0.15) is 54.6 Å². The summed E-state index contributed by atoms with van der Waals surface area (Å²) in [5.74, 6) is -0.118. The van der Waals surface area contributed by atoms with Gasteiger partial charge >= 0.3 is 6.09 Å². The van der Waals surface area contributed by atoms with Gasteiger partial charge in [0.05, 0.1) is 19.3 Å². The fourth-order valence-electron chi connectivity index (χ4n) is 3.59. The number of rotatable bonds is 11. The topological polar surface area (TPSA) is 161 Å². The van der Waals surface area contributed by atoms with E-state index in [1.54, 1.807) is 6.07 Å². The number of aldehydes is 1. The molecule has 0 spiro atoms. The molecule has 1 aromatic carbocycles. The van der Waals surface area contributed by atoms with Crippen molar-refractivity contribution in [2.75, 3.05) is 25.6 Å². The minimum atomic E-state index is -0.612. The Morgan fingerprint density at radius 3 is 2.85 bits per heavy atom. The summed E-state index contributed by atoms with van der Waals surface area (Å²) in [4.78, 5) is 40.2. The van der Waals surface area contributed by atoms with Crippen LogP contribution in [0.15, 0.2) is 18.2 Å². The Morgan fingerprint density at radius 2 is 2.12 bits per heavy atom. The van der Waals surface area contributed by atoms with E-state index in [1.165, 1.54) is 19.2 Å². The molecule has 0 bridgehead atoms. The SMILES string of the molecule is CCCONC(=O)O[C@@H]1CC[C@H](c2cc(NC(=O)COc3cc(OC)cc(O)c3C=O)n[nH]2)C1. The molecule has 0 saturated heterocycles. The first-order chi connectivity index (χ1) is 16.4. The number of nitrogens with one attached hydrogen (secondary N) is 3. The zero-order valence-corrected chi connectivity index (χ0v) is 19.0. The number of anilines is 1. The van der Waals surface area contributed by atoms with Crippen LogP contribution in [0.3, 0.4) is 0 Å². The highest BCUT2D eigenvalue weighted by atomic mass is 16.7. The molecule has 1 aromatic heterocycles. The van der Waals surface area contributed by atoms with Crippen molar-refractivity contribution in [3.05, 3.63) is 29.5 Å². The smallest absolute Gasteiger partial charge is 0.431 e. The van der Waals surface area contributed by atoms with E-state index in [-0.39, 0.29) is 34.8 Å². The van der Waals surface area contributed by atoms with E-state index in [1.807, 2.05) is 6.92 Å². The molecule has 3 rings (SSSR count). The van der Waals surface area contributed by atoms with Gasteiger partial charge in [-0.1, -0.05) is 6.92 Å². The number of methoxy groups -OCH3 is 1. The predicted molar refractivity (Wildman–Crippen MR) is 119 cm³/mol. The molecule has 0 radical (unpaired) electrons. The van der Waals surface area contributed by atoms with Crippen LogP contribution in [0, 0.1) is 0 Å². The number of aromatic nitrogens is 2. The van der Waals surface area contributed by atoms with Crippen LogP contribution in [-0.4, -0.2) is 60.0 Å². The summed E-state index contributed by atoms with van der Waals surface area (Å²) in [6.07, 6.45) is 2.47. The molecule has 1 saturated carbocycles. The molecule has 34 heavy (non-hydrogen) atoms. The highest BCUT2D eigenvalue weighted by Gasteiger charge is 2.30. The van der Waals surface area contributed by atoms with Crippen LogP contribution in [0.4, 0.5) is 10.6 Å². The minimum Gasteiger partial charge on any atom is -0.507 e. The number of hydroxylamine groups is 1. The van der Waals surface area contributed by atoms with Crippen LogP contribution in [0.25, 0.3) is 0 Å². The average molecular weight is 476 g/mol. The zero-order valence-electron chi connectivity index (χ0n) is 19.0. The minimum absolute atomic E-state index is 0.0193. The van der Waals surface area contributed by atoms with Crippen molar-refractivity contribution < 1.29 is 38.5 Å². The van der Waals surface area contributed by atoms with Gasteiger partial charge in [-0.2, -0.15) is 10.6 Å². The number of H-pyrrole nitrogens is 1. The number of phenols is 1. The molecule has 12 heteroatoms. The quantitative estimate of drug-likeness (QED) is 0.217. The highest BCUT2D eigenvalue weighted by Crippen LogP contribution is 2.36. The molecule has 1 aliphatic rings. The molecule has 0 aliphatic heterocycles. The van der Waals surface area contributed by atoms with Gasteiger partial charge in [0.15, 0.2) is 18.7 Å². The van der Waals surface area contributed by atoms with E-state index >= 15 is 0 Å². The van der Waals surface area contributed by atoms with Crippen LogP contribution in [0.2, 0.25) is 0 Å². The maximum Gasteiger partial charge on any atom is 0.431 e. The lowest BCUT2D eigenvalue weighted by Crippen LogP contribution is -2.28. The molecule has 2 amide bonds. The van der Waals surface area contributed by atoms with Gasteiger partial charge in [-0.05, 0) is 25.7 Å². The number of amides is 2. The molecule has 2 atom stereocenters. The lowest BCUT2D eigenvalue weighted by molar-refractivity contribution is -0.118. The number of ether oxygens (including phenoxy) is 3. The molecule has 12 nitrogen and oxygen atoms in total. The first kappa shape index (κ1) is 24.8. The summed E-state index contributed by atoms with van der Waals surface area (Å²) in [7, 11) is 1.40. The second kappa shape index (κ2) is 11.9. The fraction of sp³-hybridized carbons (Fsp3) is 0.455. The van der Waals surface area contributed by atoms with Crippen LogP contribution in [-0.2, 0) is 14.4 Å². The number of phenolic OH excluding ortho intramolecular Hbond substituents is 1. The van der Waals surface area contributed by atoms with E-state index in [0.29, 0.717) is 31.6 Å². The number of nitrogens with zero attached hydrogens (tertiary/aromatic N) is 1. The second-order valence-corrected chi connectivity index (χ2v) is 7.71. The van der Waals surface area contributed by atoms with Gasteiger partial charge in [0, 0.05) is 29.8 Å². The maximum absolute atomic E-state index is 12.3. The Balaban J connectivity index is 1.49. The van der Waals surface area contributed by atoms with Crippen molar-refractivity contribution in [3.8, 4) is 17.2 Å². The summed E-state index contributed by atoms with van der Waals surface area (Å²) < 4.78 is 15.8. The van der Waals surface area contributed by atoms with Crippen LogP contribution < -0.4 is 20.3 Å². The average Bonchev–Trinajstić information content (AvgIpc) is 3.47. The first-order valence-electron chi connectivity index (χ1n) is 10.9. The normalized spacial score (nSPS) is 17.1. The summed E-state index contributed by atoms with van der Waals surface area (Å²) >= 11 is 0. The fourth-order valence-corrected chi connectivity index (χ4v) is 3.59. The molecule has 1 heterocycles. The van der Waals surface area contributed by atoms with Gasteiger partial charge in [0.2, 0.25) is 0 Å². The number of hydrogen-bond donors (Lipinski definition) is 4. The predicted octanol–water partition coefficient (Wildman–Crippen LogP) is 2.66. The lowest BCUT2D eigenvalue weighted by Gasteiger charge is -2.12. The van der Waals surface area contributed by atoms with Gasteiger partial charge in [-0.3, -0.25) is 19.5 Å². The third-order valence-electron chi connectivity index (χ3n) is 5.23. The molecule has 1 aliphatic carbocycles. The molecule has 0 unspecified atom stereocenters. The number of benzene rings is 1.